The van der Waals surface area contributed by atoms with Crippen LogP contribution in [0.2, 0.25) is 0 Å². The molecule has 1 N–H and O–H groups in total. The molecule has 1 aliphatic rings. The fourth-order valence-corrected chi connectivity index (χ4v) is 2.93. The number of hydrogen-bond acceptors (Lipinski definition) is 4. The topological polar surface area (TPSA) is 47.6 Å². The van der Waals surface area contributed by atoms with Crippen molar-refractivity contribution in [2.24, 2.45) is 5.92 Å². The van der Waals surface area contributed by atoms with Crippen LogP contribution in [0.15, 0.2) is 60.7 Å². The molecule has 0 unspecified atom stereocenters. The Labute approximate surface area is 149 Å². The third-order valence-electron chi connectivity index (χ3n) is 4.49. The van der Waals surface area contributed by atoms with Crippen molar-refractivity contribution in [2.75, 3.05) is 7.05 Å². The molecule has 0 heterocycles. The van der Waals surface area contributed by atoms with Crippen LogP contribution in [0.1, 0.15) is 24.0 Å². The molecule has 1 saturated carbocycles. The average molecular weight is 339 g/mol. The Morgan fingerprint density at radius 2 is 1.56 bits per heavy atom. The fourth-order valence-electron chi connectivity index (χ4n) is 2.93. The maximum Gasteiger partial charge on any atom is 0.326 e. The van der Waals surface area contributed by atoms with Crippen molar-refractivity contribution in [3.63, 3.8) is 0 Å². The lowest BCUT2D eigenvalue weighted by atomic mass is 10.1. The van der Waals surface area contributed by atoms with E-state index in [1.807, 2.05) is 60.7 Å². The number of ether oxygens (including phenoxy) is 2. The van der Waals surface area contributed by atoms with E-state index in [2.05, 4.69) is 5.32 Å². The molecule has 0 spiro atoms. The molecule has 0 radical (unpaired) electrons. The highest BCUT2D eigenvalue weighted by Crippen LogP contribution is 2.36. The van der Waals surface area contributed by atoms with Gasteiger partial charge in [0, 0.05) is 0 Å². The molecule has 3 rings (SSSR count). The molecule has 2 atom stereocenters. The molecule has 4 nitrogen and oxygen atoms in total. The molecule has 0 saturated heterocycles. The Balaban J connectivity index is 1.58. The number of likely N-dealkylation sites (N-methyl/N-ethyl adjacent to an activating group) is 1. The maximum absolute atomic E-state index is 12.6. The standard InChI is InChI=1S/C21H25NO3/c1-22-19(21(23)25-15-17-10-6-3-7-11-17)20(18-12-13-18)24-14-16-8-4-2-5-9-16/h2-11,18-20,22H,12-15H2,1H3/t19-,20-/m0/s1. The Bertz CT molecular complexity index is 655. The number of esters is 1. The van der Waals surface area contributed by atoms with Crippen molar-refractivity contribution >= 4 is 5.97 Å². The molecule has 25 heavy (non-hydrogen) atoms. The van der Waals surface area contributed by atoms with E-state index >= 15 is 0 Å². The summed E-state index contributed by atoms with van der Waals surface area (Å²) >= 11 is 0. The highest BCUT2D eigenvalue weighted by molar-refractivity contribution is 5.76. The summed E-state index contributed by atoms with van der Waals surface area (Å²) in [7, 11) is 1.79. The lowest BCUT2D eigenvalue weighted by Crippen LogP contribution is -2.47. The minimum atomic E-state index is -0.445. The third-order valence-corrected chi connectivity index (χ3v) is 4.49. The van der Waals surface area contributed by atoms with Crippen molar-refractivity contribution in [3.05, 3.63) is 71.8 Å². The lowest BCUT2D eigenvalue weighted by molar-refractivity contribution is -0.153. The number of hydrogen-bond donors (Lipinski definition) is 1. The molecular formula is C21H25NO3. The zero-order chi connectivity index (χ0) is 17.5. The van der Waals surface area contributed by atoms with Gasteiger partial charge in [-0.05, 0) is 36.9 Å². The molecule has 0 bridgehead atoms. The minimum Gasteiger partial charge on any atom is -0.460 e. The van der Waals surface area contributed by atoms with Crippen molar-refractivity contribution < 1.29 is 14.3 Å². The van der Waals surface area contributed by atoms with E-state index in [1.54, 1.807) is 7.05 Å². The summed E-state index contributed by atoms with van der Waals surface area (Å²) in [5, 5.41) is 3.10. The van der Waals surface area contributed by atoms with Gasteiger partial charge in [-0.1, -0.05) is 60.7 Å². The second-order valence-corrected chi connectivity index (χ2v) is 6.46. The Kier molecular flexibility index (Phi) is 6.20. The number of benzene rings is 2. The van der Waals surface area contributed by atoms with E-state index < -0.39 is 6.04 Å². The van der Waals surface area contributed by atoms with Gasteiger partial charge < -0.3 is 14.8 Å². The first-order chi connectivity index (χ1) is 12.3. The van der Waals surface area contributed by atoms with Crippen molar-refractivity contribution in [1.82, 2.24) is 5.32 Å². The van der Waals surface area contributed by atoms with E-state index in [0.717, 1.165) is 24.0 Å². The first-order valence-corrected chi connectivity index (χ1v) is 8.81. The third kappa shape index (κ3) is 5.15. The molecular weight excluding hydrogens is 314 g/mol. The molecule has 0 aliphatic heterocycles. The van der Waals surface area contributed by atoms with Crippen LogP contribution in [0.4, 0.5) is 0 Å². The zero-order valence-electron chi connectivity index (χ0n) is 14.6. The van der Waals surface area contributed by atoms with Crippen LogP contribution in [-0.2, 0) is 27.5 Å². The van der Waals surface area contributed by atoms with Crippen LogP contribution in [0.25, 0.3) is 0 Å². The van der Waals surface area contributed by atoms with Crippen LogP contribution in [0, 0.1) is 5.92 Å². The predicted octanol–water partition coefficient (Wildman–Crippen LogP) is 3.31. The minimum absolute atomic E-state index is 0.159. The first kappa shape index (κ1) is 17.6. The van der Waals surface area contributed by atoms with E-state index in [0.29, 0.717) is 12.5 Å². The van der Waals surface area contributed by atoms with Crippen LogP contribution in [0.5, 0.6) is 0 Å². The Morgan fingerprint density at radius 1 is 1.00 bits per heavy atom. The van der Waals surface area contributed by atoms with Gasteiger partial charge in [0.1, 0.15) is 12.6 Å². The second-order valence-electron chi connectivity index (χ2n) is 6.46. The number of carbonyl (C=O) groups is 1. The van der Waals surface area contributed by atoms with Gasteiger partial charge in [0.05, 0.1) is 12.7 Å². The summed E-state index contributed by atoms with van der Waals surface area (Å²) in [5.41, 5.74) is 2.10. The van der Waals surface area contributed by atoms with Crippen molar-refractivity contribution in [2.45, 2.75) is 38.2 Å². The lowest BCUT2D eigenvalue weighted by Gasteiger charge is -2.25. The highest BCUT2D eigenvalue weighted by atomic mass is 16.5. The largest absolute Gasteiger partial charge is 0.460 e. The van der Waals surface area contributed by atoms with Gasteiger partial charge in [-0.15, -0.1) is 0 Å². The van der Waals surface area contributed by atoms with E-state index in [1.165, 1.54) is 0 Å². The molecule has 2 aromatic rings. The molecule has 1 fully saturated rings. The van der Waals surface area contributed by atoms with Crippen LogP contribution in [-0.4, -0.2) is 25.2 Å². The predicted molar refractivity (Wildman–Crippen MR) is 96.8 cm³/mol. The molecule has 1 aliphatic carbocycles. The van der Waals surface area contributed by atoms with Crippen molar-refractivity contribution in [1.29, 1.82) is 0 Å². The Morgan fingerprint density at radius 3 is 2.08 bits per heavy atom. The van der Waals surface area contributed by atoms with Gasteiger partial charge in [0.15, 0.2) is 0 Å². The molecule has 132 valence electrons. The maximum atomic E-state index is 12.6. The van der Waals surface area contributed by atoms with E-state index in [-0.39, 0.29) is 18.7 Å². The van der Waals surface area contributed by atoms with Gasteiger partial charge in [-0.25, -0.2) is 0 Å². The quantitative estimate of drug-likeness (QED) is 0.712. The van der Waals surface area contributed by atoms with Crippen LogP contribution in [0.3, 0.4) is 0 Å². The van der Waals surface area contributed by atoms with E-state index in [4.69, 9.17) is 9.47 Å². The second kappa shape index (κ2) is 8.79. The van der Waals surface area contributed by atoms with E-state index in [9.17, 15) is 4.79 Å². The molecule has 2 aromatic carbocycles. The fraction of sp³-hybridized carbons (Fsp3) is 0.381. The zero-order valence-corrected chi connectivity index (χ0v) is 14.6. The molecule has 0 amide bonds. The average Bonchev–Trinajstić information content (AvgIpc) is 3.50. The summed E-state index contributed by atoms with van der Waals surface area (Å²) in [6.45, 7) is 0.792. The first-order valence-electron chi connectivity index (χ1n) is 8.81. The molecule has 4 heteroatoms. The Hall–Kier alpha value is -2.17. The highest BCUT2D eigenvalue weighted by Gasteiger charge is 2.41. The SMILES string of the molecule is CN[C@H](C(=O)OCc1ccccc1)[C@@H](OCc1ccccc1)C1CC1. The smallest absolute Gasteiger partial charge is 0.326 e. The number of rotatable bonds is 9. The summed E-state index contributed by atoms with van der Waals surface area (Å²) in [4.78, 5) is 12.6. The summed E-state index contributed by atoms with van der Waals surface area (Å²) in [6, 6.07) is 19.3. The summed E-state index contributed by atoms with van der Waals surface area (Å²) in [5.74, 6) is 0.168. The normalized spacial score (nSPS) is 16.2. The van der Waals surface area contributed by atoms with Crippen molar-refractivity contribution in [3.8, 4) is 0 Å². The van der Waals surface area contributed by atoms with Gasteiger partial charge in [-0.3, -0.25) is 4.79 Å². The molecule has 0 aromatic heterocycles. The summed E-state index contributed by atoms with van der Waals surface area (Å²) < 4.78 is 11.6. The van der Waals surface area contributed by atoms with Gasteiger partial charge in [0.25, 0.3) is 0 Å². The monoisotopic (exact) mass is 339 g/mol. The van der Waals surface area contributed by atoms with Gasteiger partial charge in [-0.2, -0.15) is 0 Å². The number of carbonyl (C=O) groups excluding carboxylic acids is 1. The number of nitrogens with one attached hydrogen (secondary N) is 1. The van der Waals surface area contributed by atoms with Crippen LogP contribution >= 0.6 is 0 Å². The van der Waals surface area contributed by atoms with Gasteiger partial charge in [0.2, 0.25) is 0 Å². The van der Waals surface area contributed by atoms with Gasteiger partial charge >= 0.3 is 5.97 Å². The van der Waals surface area contributed by atoms with Crippen LogP contribution < -0.4 is 5.32 Å². The summed E-state index contributed by atoms with van der Waals surface area (Å²) in [6.07, 6.45) is 2.04.